The molecule has 0 aliphatic rings. The third kappa shape index (κ3) is 80.8. The summed E-state index contributed by atoms with van der Waals surface area (Å²) in [7, 11) is -9.79. The Balaban J connectivity index is 4.47. The SMILES string of the molecule is CC/C=C\C/C=C\C/C=C\C/C=C\C/C=C\C/C=C\CCCCCCCCC(=O)OCC(COP(=O)(O)OCC(O)COP(=O)(O)OCC(O)COC(=O)CCCCCCCCCCCCCCCCC/C=C\C/C=C\C/C=C\C/C=C\CCCCC)OC(=O)CCCCCCCCCCCCCCC. The molecule has 4 N–H and O–H groups in total. The number of aliphatic hydroxyl groups excluding tert-OH is 2. The van der Waals surface area contributed by atoms with Crippen molar-refractivity contribution < 1.29 is 75.8 Å². The number of rotatable bonds is 79. The largest absolute Gasteiger partial charge is 0.472 e. The zero-order valence-electron chi connectivity index (χ0n) is 66.4. The zero-order valence-corrected chi connectivity index (χ0v) is 68.2. The van der Waals surface area contributed by atoms with Crippen LogP contribution in [0.15, 0.2) is 122 Å². The molecule has 0 saturated heterocycles. The minimum absolute atomic E-state index is 0.103. The van der Waals surface area contributed by atoms with Crippen molar-refractivity contribution in [2.24, 2.45) is 0 Å². The summed E-state index contributed by atoms with van der Waals surface area (Å²) in [5.41, 5.74) is 0. The smallest absolute Gasteiger partial charge is 0.463 e. The molecule has 5 unspecified atom stereocenters. The molecule has 0 aliphatic carbocycles. The van der Waals surface area contributed by atoms with Gasteiger partial charge in [-0.2, -0.15) is 0 Å². The van der Waals surface area contributed by atoms with Gasteiger partial charge in [0.25, 0.3) is 0 Å². The third-order valence-corrected chi connectivity index (χ3v) is 19.6. The number of aliphatic hydroxyl groups is 2. The number of phosphoric ester groups is 2. The Morgan fingerprint density at radius 1 is 0.276 bits per heavy atom. The van der Waals surface area contributed by atoms with Gasteiger partial charge in [0.15, 0.2) is 6.10 Å². The predicted octanol–water partition coefficient (Wildman–Crippen LogP) is 24.9. The predicted molar refractivity (Wildman–Crippen MR) is 436 cm³/mol. The standard InChI is InChI=1S/C87H152O16P2/c1-4-7-10-13-16-19-22-25-27-29-31-33-35-37-38-39-40-41-42-44-46-47-49-51-53-56-58-61-64-67-70-73-85(90)97-76-82(88)77-99-104(93,94)100-78-83(89)79-101-105(95,96)102-81-84(103-87(92)75-72-69-66-63-60-55-24-21-18-15-12-9-6-3)80-98-86(91)74-71-68-65-62-59-57-54-52-50-48-45-43-36-34-32-30-28-26-23-20-17-14-11-8-5-2/h8,11,16-17,19-20,25-28,31-34,37-38,43,45,50,52,82-84,88-89H,4-7,9-10,12-15,18,21-24,29-30,35-36,39-42,44,46-49,51,53-81H2,1-3H3,(H,93,94)(H,95,96)/b11-8-,19-16-,20-17-,27-25-,28-26-,33-31-,34-32-,38-37-,45-43-,52-50-. The van der Waals surface area contributed by atoms with E-state index in [1.165, 1.54) is 154 Å². The molecule has 105 heavy (non-hydrogen) atoms. The maximum atomic E-state index is 13.0. The third-order valence-electron chi connectivity index (χ3n) is 17.7. The van der Waals surface area contributed by atoms with Gasteiger partial charge in [-0.25, -0.2) is 9.13 Å². The lowest BCUT2D eigenvalue weighted by Gasteiger charge is -2.21. The Bertz CT molecular complexity index is 2390. The average Bonchev–Trinajstić information content (AvgIpc) is 0.914. The van der Waals surface area contributed by atoms with Crippen LogP contribution in [0.1, 0.15) is 355 Å². The minimum atomic E-state index is -4.93. The first-order valence-electron chi connectivity index (χ1n) is 41.8. The highest BCUT2D eigenvalue weighted by molar-refractivity contribution is 7.47. The molecule has 0 heterocycles. The summed E-state index contributed by atoms with van der Waals surface area (Å²) in [6, 6.07) is 0. The second-order valence-corrected chi connectivity index (χ2v) is 30.8. The van der Waals surface area contributed by atoms with Crippen LogP contribution in [0, 0.1) is 0 Å². The Labute approximate surface area is 640 Å². The maximum absolute atomic E-state index is 13.0. The summed E-state index contributed by atoms with van der Waals surface area (Å²) in [5.74, 6) is -1.58. The molecule has 0 aromatic rings. The summed E-state index contributed by atoms with van der Waals surface area (Å²) in [6.07, 6.45) is 95.4. The number of hydrogen-bond donors (Lipinski definition) is 4. The van der Waals surface area contributed by atoms with Gasteiger partial charge < -0.3 is 34.2 Å². The molecule has 0 rings (SSSR count). The van der Waals surface area contributed by atoms with Gasteiger partial charge in [-0.1, -0.05) is 341 Å². The van der Waals surface area contributed by atoms with E-state index in [0.29, 0.717) is 19.3 Å². The van der Waals surface area contributed by atoms with E-state index >= 15 is 0 Å². The Kier molecular flexibility index (Phi) is 76.4. The molecule has 0 fully saturated rings. The molecule has 0 spiro atoms. The van der Waals surface area contributed by atoms with Crippen LogP contribution in [0.4, 0.5) is 0 Å². The van der Waals surface area contributed by atoms with Crippen molar-refractivity contribution in [2.45, 2.75) is 373 Å². The normalized spacial score (nSPS) is 14.5. The number of esters is 3. The molecule has 5 atom stereocenters. The van der Waals surface area contributed by atoms with Gasteiger partial charge in [-0.05, 0) is 116 Å². The van der Waals surface area contributed by atoms with E-state index in [-0.39, 0.29) is 19.3 Å². The zero-order chi connectivity index (χ0) is 76.6. The molecule has 18 heteroatoms. The molecular formula is C87H152O16P2. The van der Waals surface area contributed by atoms with Crippen molar-refractivity contribution >= 4 is 33.6 Å². The van der Waals surface area contributed by atoms with Crippen LogP contribution in [0.2, 0.25) is 0 Å². The molecule has 16 nitrogen and oxygen atoms in total. The number of ether oxygens (including phenoxy) is 3. The molecule has 0 aromatic heterocycles. The number of allylic oxidation sites excluding steroid dienone is 20. The van der Waals surface area contributed by atoms with E-state index in [0.717, 1.165) is 141 Å². The highest BCUT2D eigenvalue weighted by Crippen LogP contribution is 2.45. The van der Waals surface area contributed by atoms with E-state index in [4.69, 9.17) is 32.3 Å². The molecule has 0 bridgehead atoms. The lowest BCUT2D eigenvalue weighted by atomic mass is 10.0. The number of carbonyl (C=O) groups is 3. The number of unbranched alkanes of at least 4 members (excludes halogenated alkanes) is 36. The average molecular weight is 1520 g/mol. The first-order chi connectivity index (χ1) is 51.2. The van der Waals surface area contributed by atoms with Crippen molar-refractivity contribution in [1.29, 1.82) is 0 Å². The van der Waals surface area contributed by atoms with Gasteiger partial charge in [-0.15, -0.1) is 0 Å². The van der Waals surface area contributed by atoms with E-state index in [1.54, 1.807) is 0 Å². The Morgan fingerprint density at radius 3 is 0.819 bits per heavy atom. The van der Waals surface area contributed by atoms with Crippen molar-refractivity contribution in [1.82, 2.24) is 0 Å². The van der Waals surface area contributed by atoms with Crippen LogP contribution in [-0.2, 0) is 55.8 Å². The second kappa shape index (κ2) is 79.5. The molecule has 0 aromatic carbocycles. The monoisotopic (exact) mass is 1520 g/mol. The van der Waals surface area contributed by atoms with Gasteiger partial charge in [0.05, 0.1) is 26.4 Å². The molecular weight excluding hydrogens is 1360 g/mol. The number of carbonyl (C=O) groups excluding carboxylic acids is 3. The lowest BCUT2D eigenvalue weighted by Crippen LogP contribution is -2.30. The van der Waals surface area contributed by atoms with Crippen molar-refractivity contribution in [3.05, 3.63) is 122 Å². The maximum Gasteiger partial charge on any atom is 0.472 e. The summed E-state index contributed by atoms with van der Waals surface area (Å²) >= 11 is 0. The lowest BCUT2D eigenvalue weighted by molar-refractivity contribution is -0.161. The van der Waals surface area contributed by atoms with Gasteiger partial charge in [-0.3, -0.25) is 32.5 Å². The quantitative estimate of drug-likeness (QED) is 0.0146. The Hall–Kier alpha value is -4.05. The number of phosphoric acid groups is 2. The summed E-state index contributed by atoms with van der Waals surface area (Å²) in [6.45, 7) is 2.56. The van der Waals surface area contributed by atoms with Gasteiger partial charge in [0.2, 0.25) is 0 Å². The van der Waals surface area contributed by atoms with Crippen LogP contribution in [0.3, 0.4) is 0 Å². The molecule has 0 saturated carbocycles. The molecule has 0 amide bonds. The van der Waals surface area contributed by atoms with Gasteiger partial charge >= 0.3 is 33.6 Å². The molecule has 606 valence electrons. The summed E-state index contributed by atoms with van der Waals surface area (Å²) in [4.78, 5) is 58.7. The van der Waals surface area contributed by atoms with Crippen LogP contribution in [-0.4, -0.2) is 95.9 Å². The highest BCUT2D eigenvalue weighted by Gasteiger charge is 2.29. The topological polar surface area (TPSA) is 231 Å². The fraction of sp³-hybridized carbons (Fsp3) is 0.736. The van der Waals surface area contributed by atoms with Gasteiger partial charge in [0.1, 0.15) is 25.4 Å². The molecule has 0 aliphatic heterocycles. The van der Waals surface area contributed by atoms with E-state index in [9.17, 15) is 43.5 Å². The minimum Gasteiger partial charge on any atom is -0.463 e. The van der Waals surface area contributed by atoms with Gasteiger partial charge in [0, 0.05) is 19.3 Å². The molecule has 0 radical (unpaired) electrons. The van der Waals surface area contributed by atoms with Crippen molar-refractivity contribution in [3.8, 4) is 0 Å². The first kappa shape index (κ1) is 101. The van der Waals surface area contributed by atoms with Crippen LogP contribution >= 0.6 is 15.6 Å². The Morgan fingerprint density at radius 2 is 0.505 bits per heavy atom. The highest BCUT2D eigenvalue weighted by atomic mass is 31.2. The van der Waals surface area contributed by atoms with Crippen LogP contribution in [0.25, 0.3) is 0 Å². The number of hydrogen-bond acceptors (Lipinski definition) is 14. The van der Waals surface area contributed by atoms with E-state index in [2.05, 4.69) is 142 Å². The fourth-order valence-corrected chi connectivity index (χ4v) is 12.9. The van der Waals surface area contributed by atoms with Crippen LogP contribution < -0.4 is 0 Å². The summed E-state index contributed by atoms with van der Waals surface area (Å²) < 4.78 is 61.2. The van der Waals surface area contributed by atoms with Crippen LogP contribution in [0.5, 0.6) is 0 Å². The second-order valence-electron chi connectivity index (χ2n) is 27.9. The fourth-order valence-electron chi connectivity index (χ4n) is 11.3. The summed E-state index contributed by atoms with van der Waals surface area (Å²) in [5, 5.41) is 20.7. The first-order valence-corrected chi connectivity index (χ1v) is 44.8. The van der Waals surface area contributed by atoms with E-state index in [1.807, 2.05) is 0 Å². The van der Waals surface area contributed by atoms with Crippen molar-refractivity contribution in [3.63, 3.8) is 0 Å². The van der Waals surface area contributed by atoms with Crippen molar-refractivity contribution in [2.75, 3.05) is 39.6 Å². The van der Waals surface area contributed by atoms with E-state index < -0.39 is 91.5 Å².